The number of hydrogen-bond donors (Lipinski definition) is 1. The van der Waals surface area contributed by atoms with Gasteiger partial charge in [0, 0.05) is 11.1 Å². The second kappa shape index (κ2) is 7.94. The van der Waals surface area contributed by atoms with Gasteiger partial charge in [-0.1, -0.05) is 65.4 Å². The molecule has 1 atom stereocenters. The fourth-order valence-corrected chi connectivity index (χ4v) is 5.10. The molecule has 2 heterocycles. The van der Waals surface area contributed by atoms with Gasteiger partial charge in [-0.05, 0) is 37.6 Å². The first kappa shape index (κ1) is 21.0. The normalized spacial score (nSPS) is 17.8. The number of amides is 1. The van der Waals surface area contributed by atoms with Crippen LogP contribution < -0.4 is 4.90 Å². The fourth-order valence-electron chi connectivity index (χ4n) is 4.01. The molecule has 1 aromatic heterocycles. The van der Waals surface area contributed by atoms with Crippen molar-refractivity contribution in [1.29, 1.82) is 0 Å². The number of fused-ring (bicyclic) bond motifs is 1. The number of hydrogen-bond acceptors (Lipinski definition) is 5. The molecule has 4 aromatic rings. The highest BCUT2D eigenvalue weighted by Gasteiger charge is 2.49. The molecule has 0 unspecified atom stereocenters. The Morgan fingerprint density at radius 1 is 1.00 bits per heavy atom. The largest absolute Gasteiger partial charge is 0.507 e. The lowest BCUT2D eigenvalue weighted by Gasteiger charge is -2.23. The van der Waals surface area contributed by atoms with E-state index in [0.717, 1.165) is 15.8 Å². The third kappa shape index (κ3) is 3.50. The lowest BCUT2D eigenvalue weighted by Crippen LogP contribution is -2.29. The first-order valence-electron chi connectivity index (χ1n) is 10.3. The number of rotatable bonds is 3. The Hall–Kier alpha value is -3.84. The van der Waals surface area contributed by atoms with E-state index in [4.69, 9.17) is 0 Å². The number of nitrogens with zero attached hydrogens (tertiary/aromatic N) is 2. The van der Waals surface area contributed by atoms with Crippen molar-refractivity contribution in [1.82, 2.24) is 4.98 Å². The fraction of sp³-hybridized carbons (Fsp3) is 0.115. The molecule has 1 amide bonds. The van der Waals surface area contributed by atoms with E-state index in [1.54, 1.807) is 30.3 Å². The maximum atomic E-state index is 15.0. The van der Waals surface area contributed by atoms with Gasteiger partial charge in [0.05, 0.1) is 15.8 Å². The van der Waals surface area contributed by atoms with Crippen molar-refractivity contribution >= 4 is 44.1 Å². The third-order valence-electron chi connectivity index (χ3n) is 5.71. The van der Waals surface area contributed by atoms with Crippen molar-refractivity contribution in [2.75, 3.05) is 4.90 Å². The van der Waals surface area contributed by atoms with E-state index in [-0.39, 0.29) is 22.0 Å². The molecule has 3 aromatic carbocycles. The van der Waals surface area contributed by atoms with Crippen molar-refractivity contribution in [3.63, 3.8) is 0 Å². The van der Waals surface area contributed by atoms with Crippen LogP contribution in [0.3, 0.4) is 0 Å². The van der Waals surface area contributed by atoms with Gasteiger partial charge in [0.25, 0.3) is 5.78 Å². The lowest BCUT2D eigenvalue weighted by molar-refractivity contribution is -0.132. The van der Waals surface area contributed by atoms with Crippen molar-refractivity contribution in [2.45, 2.75) is 19.9 Å². The van der Waals surface area contributed by atoms with Crippen molar-refractivity contribution < 1.29 is 19.1 Å². The molecule has 5 nitrogen and oxygen atoms in total. The Balaban J connectivity index is 1.75. The van der Waals surface area contributed by atoms with Gasteiger partial charge < -0.3 is 5.11 Å². The summed E-state index contributed by atoms with van der Waals surface area (Å²) in [5, 5.41) is 11.4. The molecule has 5 rings (SSSR count). The summed E-state index contributed by atoms with van der Waals surface area (Å²) in [6, 6.07) is 17.4. The Morgan fingerprint density at radius 2 is 1.70 bits per heavy atom. The molecule has 1 fully saturated rings. The molecular formula is C26H19FN2O3S. The maximum Gasteiger partial charge on any atom is 0.301 e. The number of aryl methyl sites for hydroxylation is 2. The van der Waals surface area contributed by atoms with E-state index in [0.29, 0.717) is 11.1 Å². The molecule has 1 aliphatic rings. The number of aliphatic hydroxyl groups excluding tert-OH is 1. The number of thiazole rings is 1. The molecule has 0 saturated carbocycles. The van der Waals surface area contributed by atoms with Crippen LogP contribution in [-0.2, 0) is 9.59 Å². The average Bonchev–Trinajstić information content (AvgIpc) is 3.32. The third-order valence-corrected chi connectivity index (χ3v) is 6.73. The van der Waals surface area contributed by atoms with Crippen LogP contribution in [0.15, 0.2) is 72.3 Å². The summed E-state index contributed by atoms with van der Waals surface area (Å²) in [5.74, 6) is -2.66. The predicted octanol–water partition coefficient (Wildman–Crippen LogP) is 5.68. The van der Waals surface area contributed by atoms with Crippen molar-refractivity contribution in [2.24, 2.45) is 0 Å². The SMILES string of the molecule is Cc1ccc(/C(O)=C2\C(=O)C(=O)N(c3nc4ccc(C)cc4s3)[C@H]2c2ccccc2F)cc1. The molecule has 1 N–H and O–H groups in total. The van der Waals surface area contributed by atoms with Gasteiger partial charge in [-0.3, -0.25) is 14.5 Å². The molecule has 0 spiro atoms. The van der Waals surface area contributed by atoms with Gasteiger partial charge in [0.2, 0.25) is 0 Å². The first-order chi connectivity index (χ1) is 15.8. The molecule has 0 radical (unpaired) electrons. The maximum absolute atomic E-state index is 15.0. The summed E-state index contributed by atoms with van der Waals surface area (Å²) < 4.78 is 15.8. The van der Waals surface area contributed by atoms with Crippen LogP contribution >= 0.6 is 11.3 Å². The Kier molecular flexibility index (Phi) is 5.06. The highest BCUT2D eigenvalue weighted by molar-refractivity contribution is 7.22. The van der Waals surface area contributed by atoms with Gasteiger partial charge in [0.1, 0.15) is 17.6 Å². The van der Waals surface area contributed by atoms with Gasteiger partial charge in [0.15, 0.2) is 5.13 Å². The van der Waals surface area contributed by atoms with E-state index in [2.05, 4.69) is 4.98 Å². The van der Waals surface area contributed by atoms with Crippen molar-refractivity contribution in [3.05, 3.63) is 100 Å². The molecule has 0 aliphatic carbocycles. The summed E-state index contributed by atoms with van der Waals surface area (Å²) in [6.45, 7) is 3.85. The number of carbonyl (C=O) groups excluding carboxylic acids is 2. The van der Waals surface area contributed by atoms with Crippen LogP contribution in [-0.4, -0.2) is 21.8 Å². The van der Waals surface area contributed by atoms with Crippen LogP contribution in [0.4, 0.5) is 9.52 Å². The highest BCUT2D eigenvalue weighted by Crippen LogP contribution is 2.44. The van der Waals surface area contributed by atoms with E-state index in [1.807, 2.05) is 32.0 Å². The van der Waals surface area contributed by atoms with E-state index in [9.17, 15) is 19.1 Å². The number of carbonyl (C=O) groups is 2. The van der Waals surface area contributed by atoms with Gasteiger partial charge in [-0.25, -0.2) is 9.37 Å². The van der Waals surface area contributed by atoms with Crippen LogP contribution in [0.1, 0.15) is 28.3 Å². The summed E-state index contributed by atoms with van der Waals surface area (Å²) in [5.41, 5.74) is 3.01. The van der Waals surface area contributed by atoms with Gasteiger partial charge in [-0.2, -0.15) is 0 Å². The predicted molar refractivity (Wildman–Crippen MR) is 127 cm³/mol. The molecule has 164 valence electrons. The number of aliphatic hydroxyl groups is 1. The zero-order valence-corrected chi connectivity index (χ0v) is 18.7. The van der Waals surface area contributed by atoms with Gasteiger partial charge >= 0.3 is 5.91 Å². The molecule has 0 bridgehead atoms. The molecule has 1 aliphatic heterocycles. The minimum absolute atomic E-state index is 0.112. The van der Waals surface area contributed by atoms with Gasteiger partial charge in [-0.15, -0.1) is 0 Å². The minimum Gasteiger partial charge on any atom is -0.507 e. The Bertz CT molecular complexity index is 1460. The summed E-state index contributed by atoms with van der Waals surface area (Å²) in [6.07, 6.45) is 0. The molecular weight excluding hydrogens is 439 g/mol. The number of anilines is 1. The number of ketones is 1. The standard InChI is InChI=1S/C26H19FN2O3S/c1-14-7-10-16(11-8-14)23(30)21-22(17-5-3-4-6-18(17)27)29(25(32)24(21)31)26-28-19-12-9-15(2)13-20(19)33-26/h3-13,22,30H,1-2H3/b23-21+/t22-/m0/s1. The summed E-state index contributed by atoms with van der Waals surface area (Å²) >= 11 is 1.25. The average molecular weight is 459 g/mol. The number of aromatic nitrogens is 1. The van der Waals surface area contributed by atoms with E-state index >= 15 is 0 Å². The quantitative estimate of drug-likeness (QED) is 0.244. The Labute approximate surface area is 193 Å². The van der Waals surface area contributed by atoms with Crippen LogP contribution in [0, 0.1) is 19.7 Å². The van der Waals surface area contributed by atoms with Crippen LogP contribution in [0.25, 0.3) is 16.0 Å². The highest BCUT2D eigenvalue weighted by atomic mass is 32.1. The lowest BCUT2D eigenvalue weighted by atomic mass is 9.95. The summed E-state index contributed by atoms with van der Waals surface area (Å²) in [7, 11) is 0. The minimum atomic E-state index is -1.14. The van der Waals surface area contributed by atoms with Crippen LogP contribution in [0.5, 0.6) is 0 Å². The first-order valence-corrected chi connectivity index (χ1v) is 11.2. The monoisotopic (exact) mass is 458 g/mol. The molecule has 33 heavy (non-hydrogen) atoms. The zero-order chi connectivity index (χ0) is 23.3. The topological polar surface area (TPSA) is 70.5 Å². The van der Waals surface area contributed by atoms with Crippen LogP contribution in [0.2, 0.25) is 0 Å². The Morgan fingerprint density at radius 3 is 2.42 bits per heavy atom. The van der Waals surface area contributed by atoms with E-state index < -0.39 is 23.5 Å². The number of benzene rings is 3. The van der Waals surface area contributed by atoms with Crippen molar-refractivity contribution in [3.8, 4) is 0 Å². The molecule has 7 heteroatoms. The second-order valence-corrected chi connectivity index (χ2v) is 9.03. The second-order valence-electron chi connectivity index (χ2n) is 8.02. The van der Waals surface area contributed by atoms with E-state index in [1.165, 1.54) is 34.4 Å². The number of halogens is 1. The number of Topliss-reactive ketones (excluding diaryl/α,β-unsaturated/α-hetero) is 1. The smallest absolute Gasteiger partial charge is 0.301 e. The zero-order valence-electron chi connectivity index (χ0n) is 17.9. The summed E-state index contributed by atoms with van der Waals surface area (Å²) in [4.78, 5) is 32.1. The molecule has 1 saturated heterocycles.